The Morgan fingerprint density at radius 2 is 2.05 bits per heavy atom. The number of aryl methyl sites for hydroxylation is 1. The summed E-state index contributed by atoms with van der Waals surface area (Å²) in [5.41, 5.74) is 2.09. The number of aliphatic hydroxyl groups excluding tert-OH is 1. The number of aliphatic hydroxyl groups is 1. The molecule has 0 saturated carbocycles. The molecule has 0 spiro atoms. The summed E-state index contributed by atoms with van der Waals surface area (Å²) in [5.74, 6) is 0.835. The molecule has 1 atom stereocenters. The summed E-state index contributed by atoms with van der Waals surface area (Å²) in [6.45, 7) is 8.05. The lowest BCUT2D eigenvalue weighted by molar-refractivity contribution is 0.171. The predicted molar refractivity (Wildman–Crippen MR) is 80.4 cm³/mol. The number of rotatable bonds is 7. The Bertz CT molecular complexity index is 441. The van der Waals surface area contributed by atoms with E-state index in [4.69, 9.17) is 4.74 Å². The standard InChI is InChI=1S/C17H22O2/c1-4-6-7-15(5-2)17(18)12-13-19-16-10-8-14(3)9-11-16/h4-11,17-18H,1,12-13H2,2-3H3/b7-6-,15-5+. The van der Waals surface area contributed by atoms with Crippen molar-refractivity contribution in [1.82, 2.24) is 0 Å². The van der Waals surface area contributed by atoms with E-state index in [-0.39, 0.29) is 0 Å². The molecule has 0 amide bonds. The maximum absolute atomic E-state index is 10.0. The van der Waals surface area contributed by atoms with Gasteiger partial charge in [0.1, 0.15) is 5.75 Å². The monoisotopic (exact) mass is 258 g/mol. The van der Waals surface area contributed by atoms with Crippen LogP contribution in [0.1, 0.15) is 18.9 Å². The van der Waals surface area contributed by atoms with E-state index in [1.54, 1.807) is 6.08 Å². The number of ether oxygens (including phenoxy) is 1. The van der Waals surface area contributed by atoms with Gasteiger partial charge in [-0.3, -0.25) is 0 Å². The molecule has 0 bridgehead atoms. The third kappa shape index (κ3) is 5.58. The van der Waals surface area contributed by atoms with E-state index in [1.165, 1.54) is 5.56 Å². The SMILES string of the molecule is C=C/C=C\C(=C/C)C(O)CCOc1ccc(C)cc1. The van der Waals surface area contributed by atoms with E-state index in [0.29, 0.717) is 13.0 Å². The van der Waals surface area contributed by atoms with Crippen LogP contribution in [0.3, 0.4) is 0 Å². The van der Waals surface area contributed by atoms with Crippen LogP contribution in [-0.4, -0.2) is 17.8 Å². The summed E-state index contributed by atoms with van der Waals surface area (Å²) in [4.78, 5) is 0. The molecule has 0 saturated heterocycles. The van der Waals surface area contributed by atoms with E-state index in [1.807, 2.05) is 56.3 Å². The lowest BCUT2D eigenvalue weighted by Gasteiger charge is -2.12. The smallest absolute Gasteiger partial charge is 0.119 e. The van der Waals surface area contributed by atoms with Gasteiger partial charge in [-0.05, 0) is 31.6 Å². The third-order valence-electron chi connectivity index (χ3n) is 2.82. The van der Waals surface area contributed by atoms with E-state index >= 15 is 0 Å². The molecule has 0 radical (unpaired) electrons. The molecule has 0 heterocycles. The lowest BCUT2D eigenvalue weighted by Crippen LogP contribution is -2.13. The molecule has 0 aliphatic rings. The molecule has 2 nitrogen and oxygen atoms in total. The number of allylic oxidation sites excluding steroid dienone is 3. The molecule has 0 aromatic heterocycles. The Morgan fingerprint density at radius 1 is 1.37 bits per heavy atom. The van der Waals surface area contributed by atoms with E-state index < -0.39 is 6.10 Å². The number of hydrogen-bond acceptors (Lipinski definition) is 2. The van der Waals surface area contributed by atoms with Gasteiger partial charge in [0.25, 0.3) is 0 Å². The van der Waals surface area contributed by atoms with Crippen LogP contribution in [0.15, 0.2) is 60.7 Å². The zero-order valence-corrected chi connectivity index (χ0v) is 11.7. The second-order valence-electron chi connectivity index (χ2n) is 4.35. The maximum atomic E-state index is 10.0. The van der Waals surface area contributed by atoms with Gasteiger partial charge in [-0.25, -0.2) is 0 Å². The van der Waals surface area contributed by atoms with Crippen LogP contribution in [-0.2, 0) is 0 Å². The van der Waals surface area contributed by atoms with Crippen LogP contribution in [0.4, 0.5) is 0 Å². The normalized spacial score (nSPS) is 13.5. The molecule has 1 unspecified atom stereocenters. The average molecular weight is 258 g/mol. The van der Waals surface area contributed by atoms with Crippen LogP contribution in [0.25, 0.3) is 0 Å². The first-order valence-electron chi connectivity index (χ1n) is 6.50. The highest BCUT2D eigenvalue weighted by atomic mass is 16.5. The molecular formula is C17H22O2. The minimum Gasteiger partial charge on any atom is -0.493 e. The van der Waals surface area contributed by atoms with Crippen molar-refractivity contribution in [1.29, 1.82) is 0 Å². The van der Waals surface area contributed by atoms with Gasteiger partial charge in [0, 0.05) is 6.42 Å². The van der Waals surface area contributed by atoms with Gasteiger partial charge in [-0.2, -0.15) is 0 Å². The minimum absolute atomic E-state index is 0.490. The summed E-state index contributed by atoms with van der Waals surface area (Å²) in [5, 5.41) is 10.0. The van der Waals surface area contributed by atoms with Gasteiger partial charge in [-0.15, -0.1) is 0 Å². The fraction of sp³-hybridized carbons (Fsp3) is 0.294. The zero-order chi connectivity index (χ0) is 14.1. The first-order chi connectivity index (χ1) is 9.17. The largest absolute Gasteiger partial charge is 0.493 e. The maximum Gasteiger partial charge on any atom is 0.119 e. The molecule has 19 heavy (non-hydrogen) atoms. The Labute approximate surface area is 115 Å². The van der Waals surface area contributed by atoms with Gasteiger partial charge >= 0.3 is 0 Å². The second-order valence-corrected chi connectivity index (χ2v) is 4.35. The fourth-order valence-electron chi connectivity index (χ4n) is 1.67. The second kappa shape index (κ2) is 8.33. The lowest BCUT2D eigenvalue weighted by atomic mass is 10.1. The molecule has 0 fully saturated rings. The quantitative estimate of drug-likeness (QED) is 0.753. The Morgan fingerprint density at radius 3 is 2.63 bits per heavy atom. The summed E-state index contributed by atoms with van der Waals surface area (Å²) in [6, 6.07) is 7.90. The molecule has 2 heteroatoms. The van der Waals surface area contributed by atoms with Crippen molar-refractivity contribution < 1.29 is 9.84 Å². The van der Waals surface area contributed by atoms with Crippen LogP contribution >= 0.6 is 0 Å². The van der Waals surface area contributed by atoms with Gasteiger partial charge in [0.05, 0.1) is 12.7 Å². The molecule has 0 aliphatic carbocycles. The molecule has 0 aliphatic heterocycles. The van der Waals surface area contributed by atoms with Crippen LogP contribution in [0.2, 0.25) is 0 Å². The highest BCUT2D eigenvalue weighted by molar-refractivity contribution is 5.27. The van der Waals surface area contributed by atoms with E-state index in [2.05, 4.69) is 6.58 Å². The third-order valence-corrected chi connectivity index (χ3v) is 2.82. The van der Waals surface area contributed by atoms with E-state index in [0.717, 1.165) is 11.3 Å². The van der Waals surface area contributed by atoms with Crippen molar-refractivity contribution in [3.8, 4) is 5.75 Å². The highest BCUT2D eigenvalue weighted by Crippen LogP contribution is 2.13. The first kappa shape index (κ1) is 15.3. The predicted octanol–water partition coefficient (Wildman–Crippen LogP) is 3.81. The topological polar surface area (TPSA) is 29.5 Å². The summed E-state index contributed by atoms with van der Waals surface area (Å²) < 4.78 is 5.60. The van der Waals surface area contributed by atoms with Crippen LogP contribution < -0.4 is 4.74 Å². The summed E-state index contributed by atoms with van der Waals surface area (Å²) >= 11 is 0. The minimum atomic E-state index is -0.508. The van der Waals surface area contributed by atoms with Crippen molar-refractivity contribution in [3.63, 3.8) is 0 Å². The number of hydrogen-bond donors (Lipinski definition) is 1. The van der Waals surface area contributed by atoms with E-state index in [9.17, 15) is 5.11 Å². The van der Waals surface area contributed by atoms with Gasteiger partial charge < -0.3 is 9.84 Å². The van der Waals surface area contributed by atoms with Crippen LogP contribution in [0.5, 0.6) is 5.75 Å². The average Bonchev–Trinajstić information content (AvgIpc) is 2.42. The number of benzene rings is 1. The summed E-state index contributed by atoms with van der Waals surface area (Å²) in [7, 11) is 0. The molecule has 1 aromatic carbocycles. The van der Waals surface area contributed by atoms with Crippen molar-refractivity contribution in [2.45, 2.75) is 26.4 Å². The van der Waals surface area contributed by atoms with Crippen molar-refractivity contribution in [2.24, 2.45) is 0 Å². The zero-order valence-electron chi connectivity index (χ0n) is 11.7. The molecule has 1 rings (SSSR count). The Balaban J connectivity index is 2.41. The van der Waals surface area contributed by atoms with Gasteiger partial charge in [-0.1, -0.05) is 48.6 Å². The first-order valence-corrected chi connectivity index (χ1v) is 6.50. The van der Waals surface area contributed by atoms with Crippen molar-refractivity contribution in [3.05, 3.63) is 66.3 Å². The fourth-order valence-corrected chi connectivity index (χ4v) is 1.67. The summed E-state index contributed by atoms with van der Waals surface area (Å²) in [6.07, 6.45) is 7.33. The molecule has 102 valence electrons. The van der Waals surface area contributed by atoms with Gasteiger partial charge in [0.2, 0.25) is 0 Å². The molecule has 1 N–H and O–H groups in total. The Kier molecular flexibility index (Phi) is 6.69. The molecular weight excluding hydrogens is 236 g/mol. The molecule has 1 aromatic rings. The van der Waals surface area contributed by atoms with Crippen molar-refractivity contribution >= 4 is 0 Å². The highest BCUT2D eigenvalue weighted by Gasteiger charge is 2.07. The van der Waals surface area contributed by atoms with Gasteiger partial charge in [0.15, 0.2) is 0 Å². The van der Waals surface area contributed by atoms with Crippen molar-refractivity contribution in [2.75, 3.05) is 6.61 Å². The van der Waals surface area contributed by atoms with Crippen LogP contribution in [0, 0.1) is 6.92 Å². The Hall–Kier alpha value is -1.80.